The van der Waals surface area contributed by atoms with Gasteiger partial charge in [0.1, 0.15) is 6.10 Å². The van der Waals surface area contributed by atoms with Gasteiger partial charge in [0.15, 0.2) is 11.9 Å². The molecule has 4 aromatic rings. The average Bonchev–Trinajstić information content (AvgIpc) is 3.17. The van der Waals surface area contributed by atoms with E-state index in [-0.39, 0.29) is 62.7 Å². The van der Waals surface area contributed by atoms with E-state index in [0.717, 1.165) is 44.5 Å². The number of aliphatic carboxylic acids is 1. The van der Waals surface area contributed by atoms with Crippen molar-refractivity contribution in [2.45, 2.75) is 119 Å². The Bertz CT molecular complexity index is 1960. The van der Waals surface area contributed by atoms with Gasteiger partial charge < -0.3 is 30.5 Å². The molecule has 0 bridgehead atoms. The first-order chi connectivity index (χ1) is 27.8. The first-order valence-electron chi connectivity index (χ1n) is 19.8. The lowest BCUT2D eigenvalue weighted by atomic mass is 9.87. The minimum absolute atomic E-state index is 0. The van der Waals surface area contributed by atoms with E-state index in [2.05, 4.69) is 40.7 Å². The highest BCUT2D eigenvalue weighted by Gasteiger charge is 2.25. The standard InChI is InChI=1S/C24H31NO4.C17H20N2O2.C6H12O3.CH4.ClH/c1-15(2)9-21(26)22(27)11-18(12-23(28)29-5)19-10-20(14-25-13-19)24-16(3)7-6-8-17(24)4;1-11-5-4-6-12(2)17(11)14-7-13(9-19-10-14)15(18)8-16(20)21-3;1-4(2)3-5(7)6(8)9;;/h6-8,10,13-15,18,21,26H,9,11-12H2,1-5H3;4-7,9-10,15H,8,18H2,1-3H3;4-5,7H,3H2,1-2H3,(H,8,9);1H4;1H/t18?,21-;15-;5-;;/m101../s1. The number of Topliss-reactive ketones (excluding diaryl/α,β-unsaturated/α-hetero) is 1. The molecule has 0 saturated carbocycles. The van der Waals surface area contributed by atoms with Crippen molar-refractivity contribution in [3.8, 4) is 22.3 Å². The van der Waals surface area contributed by atoms with Crippen LogP contribution in [0, 0.1) is 39.5 Å². The van der Waals surface area contributed by atoms with Crippen molar-refractivity contribution in [1.29, 1.82) is 0 Å². The molecule has 2 aromatic carbocycles. The number of carboxylic acids is 1. The summed E-state index contributed by atoms with van der Waals surface area (Å²) in [7, 11) is 2.70. The Hall–Kier alpha value is -5.01. The van der Waals surface area contributed by atoms with Crippen LogP contribution in [0.5, 0.6) is 0 Å². The lowest BCUT2D eigenvalue weighted by molar-refractivity contribution is -0.147. The molecule has 13 heteroatoms. The molecule has 61 heavy (non-hydrogen) atoms. The Morgan fingerprint density at radius 1 is 0.639 bits per heavy atom. The van der Waals surface area contributed by atoms with Gasteiger partial charge in [-0.25, -0.2) is 4.79 Å². The van der Waals surface area contributed by atoms with Crippen LogP contribution in [0.4, 0.5) is 0 Å². The van der Waals surface area contributed by atoms with Crippen molar-refractivity contribution in [2.75, 3.05) is 14.2 Å². The van der Waals surface area contributed by atoms with Crippen LogP contribution < -0.4 is 5.73 Å². The molecule has 336 valence electrons. The fraction of sp³-hybridized carbons (Fsp3) is 0.458. The minimum atomic E-state index is -1.19. The van der Waals surface area contributed by atoms with Crippen molar-refractivity contribution < 1.29 is 44.0 Å². The highest BCUT2D eigenvalue weighted by molar-refractivity contribution is 5.85. The first kappa shape index (κ1) is 56.0. The van der Waals surface area contributed by atoms with Gasteiger partial charge in [-0.15, -0.1) is 12.4 Å². The number of aliphatic hydroxyl groups is 2. The zero-order valence-corrected chi connectivity index (χ0v) is 37.4. The normalized spacial score (nSPS) is 12.4. The highest BCUT2D eigenvalue weighted by Crippen LogP contribution is 2.32. The summed E-state index contributed by atoms with van der Waals surface area (Å²) in [5, 5.41) is 27.1. The van der Waals surface area contributed by atoms with Crippen molar-refractivity contribution >= 4 is 36.1 Å². The van der Waals surface area contributed by atoms with Gasteiger partial charge in [0.05, 0.1) is 27.1 Å². The molecule has 0 fully saturated rings. The molecule has 0 aliphatic heterocycles. The smallest absolute Gasteiger partial charge is 0.332 e. The third-order valence-corrected chi connectivity index (χ3v) is 9.71. The Balaban J connectivity index is 0.000000985. The summed E-state index contributed by atoms with van der Waals surface area (Å²) >= 11 is 0. The van der Waals surface area contributed by atoms with E-state index < -0.39 is 36.1 Å². The third-order valence-electron chi connectivity index (χ3n) is 9.71. The van der Waals surface area contributed by atoms with Crippen molar-refractivity contribution in [1.82, 2.24) is 9.97 Å². The molecule has 5 N–H and O–H groups in total. The predicted molar refractivity (Wildman–Crippen MR) is 243 cm³/mol. The van der Waals surface area contributed by atoms with Gasteiger partial charge in [-0.2, -0.15) is 0 Å². The van der Waals surface area contributed by atoms with Gasteiger partial charge in [-0.05, 0) is 109 Å². The Labute approximate surface area is 368 Å². The van der Waals surface area contributed by atoms with E-state index in [1.165, 1.54) is 25.3 Å². The SMILES string of the molecule is C.CC(C)C[C@@H](O)C(=O)O.COC(=O)CC(CC(=O)[C@H](O)CC(C)C)c1cncc(-c2c(C)cccc2C)c1.COC(=O)C[C@H](N)c1cncc(-c2c(C)cccc2C)c1.Cl. The number of carbonyl (C=O) groups is 4. The van der Waals surface area contributed by atoms with Gasteiger partial charge in [0, 0.05) is 54.3 Å². The number of esters is 2. The van der Waals surface area contributed by atoms with E-state index in [1.807, 2.05) is 84.1 Å². The van der Waals surface area contributed by atoms with E-state index in [1.54, 1.807) is 18.6 Å². The molecule has 0 amide bonds. The summed E-state index contributed by atoms with van der Waals surface area (Å²) in [5.41, 5.74) is 16.6. The summed E-state index contributed by atoms with van der Waals surface area (Å²) in [6, 6.07) is 15.9. The highest BCUT2D eigenvalue weighted by atomic mass is 35.5. The predicted octanol–water partition coefficient (Wildman–Crippen LogP) is 8.84. The molecule has 0 radical (unpaired) electrons. The zero-order chi connectivity index (χ0) is 44.4. The molecule has 2 aromatic heterocycles. The first-order valence-corrected chi connectivity index (χ1v) is 19.8. The maximum absolute atomic E-state index is 12.6. The maximum atomic E-state index is 12.6. The van der Waals surface area contributed by atoms with Crippen LogP contribution in [0.15, 0.2) is 73.3 Å². The van der Waals surface area contributed by atoms with Gasteiger partial charge in [0.25, 0.3) is 0 Å². The minimum Gasteiger partial charge on any atom is -0.479 e. The molecular weight excluding hydrogens is 798 g/mol. The van der Waals surface area contributed by atoms with Crippen LogP contribution in [0.3, 0.4) is 0 Å². The fourth-order valence-electron chi connectivity index (χ4n) is 6.63. The molecule has 4 atom stereocenters. The average molecular weight is 867 g/mol. The van der Waals surface area contributed by atoms with Crippen LogP contribution in [0.2, 0.25) is 0 Å². The number of aromatic nitrogens is 2. The lowest BCUT2D eigenvalue weighted by Gasteiger charge is -2.19. The molecule has 1 unspecified atom stereocenters. The molecular formula is C48H68ClN3O9. The number of aryl methyl sites for hydroxylation is 4. The van der Waals surface area contributed by atoms with Crippen molar-refractivity contribution in [3.63, 3.8) is 0 Å². The number of ether oxygens (including phenoxy) is 2. The van der Waals surface area contributed by atoms with Gasteiger partial charge >= 0.3 is 17.9 Å². The monoisotopic (exact) mass is 865 g/mol. The van der Waals surface area contributed by atoms with Crippen LogP contribution >= 0.6 is 12.4 Å². The number of aliphatic hydroxyl groups excluding tert-OH is 2. The number of halogens is 1. The molecule has 0 aliphatic carbocycles. The summed E-state index contributed by atoms with van der Waals surface area (Å²) in [6.45, 7) is 15.9. The van der Waals surface area contributed by atoms with E-state index in [4.69, 9.17) is 20.7 Å². The maximum Gasteiger partial charge on any atom is 0.332 e. The topological polar surface area (TPSA) is 199 Å². The summed E-state index contributed by atoms with van der Waals surface area (Å²) in [4.78, 5) is 54.5. The number of methoxy groups -OCH3 is 2. The van der Waals surface area contributed by atoms with Crippen LogP contribution in [0.25, 0.3) is 22.3 Å². The zero-order valence-electron chi connectivity index (χ0n) is 36.6. The Morgan fingerprint density at radius 3 is 1.43 bits per heavy atom. The number of hydrogen-bond donors (Lipinski definition) is 4. The number of ketones is 1. The van der Waals surface area contributed by atoms with E-state index >= 15 is 0 Å². The van der Waals surface area contributed by atoms with Gasteiger partial charge in [-0.1, -0.05) is 71.5 Å². The largest absolute Gasteiger partial charge is 0.479 e. The number of rotatable bonds is 16. The van der Waals surface area contributed by atoms with Gasteiger partial charge in [0.2, 0.25) is 0 Å². The summed E-state index contributed by atoms with van der Waals surface area (Å²) < 4.78 is 9.48. The van der Waals surface area contributed by atoms with Crippen LogP contribution in [0.1, 0.15) is 113 Å². The number of benzene rings is 2. The van der Waals surface area contributed by atoms with Gasteiger partial charge in [-0.3, -0.25) is 24.4 Å². The summed E-state index contributed by atoms with van der Waals surface area (Å²) in [6.07, 6.45) is 5.81. The number of pyridine rings is 2. The molecule has 0 spiro atoms. The number of nitrogens with zero attached hydrogens (tertiary/aromatic N) is 2. The number of nitrogens with two attached hydrogens (primary N) is 1. The summed E-state index contributed by atoms with van der Waals surface area (Å²) in [5.74, 6) is -2.06. The molecule has 0 aliphatic rings. The third kappa shape index (κ3) is 18.7. The van der Waals surface area contributed by atoms with Crippen LogP contribution in [-0.2, 0) is 28.7 Å². The van der Waals surface area contributed by atoms with E-state index in [0.29, 0.717) is 12.8 Å². The Kier molecular flexibility index (Phi) is 25.5. The van der Waals surface area contributed by atoms with E-state index in [9.17, 15) is 24.3 Å². The second kappa shape index (κ2) is 27.8. The second-order valence-electron chi connectivity index (χ2n) is 15.7. The number of hydrogen-bond acceptors (Lipinski definition) is 11. The molecule has 0 saturated heterocycles. The fourth-order valence-corrected chi connectivity index (χ4v) is 6.63. The number of carboxylic acid groups (broad SMARTS) is 1. The van der Waals surface area contributed by atoms with Crippen LogP contribution in [-0.4, -0.2) is 75.4 Å². The van der Waals surface area contributed by atoms with Crippen molar-refractivity contribution in [2.24, 2.45) is 17.6 Å². The Morgan fingerprint density at radius 2 is 1.03 bits per heavy atom. The molecule has 4 rings (SSSR count). The molecule has 12 nitrogen and oxygen atoms in total. The van der Waals surface area contributed by atoms with Crippen molar-refractivity contribution in [3.05, 3.63) is 107 Å². The second-order valence-corrected chi connectivity index (χ2v) is 15.7. The lowest BCUT2D eigenvalue weighted by Crippen LogP contribution is -2.25. The quantitative estimate of drug-likeness (QED) is 0.0782. The molecule has 2 heterocycles. The number of carbonyl (C=O) groups excluding carboxylic acids is 3.